The molecule has 10 heteroatoms. The first kappa shape index (κ1) is 22.3. The number of morpholine rings is 1. The second kappa shape index (κ2) is 8.79. The van der Waals surface area contributed by atoms with E-state index >= 15 is 0 Å². The van der Waals surface area contributed by atoms with Gasteiger partial charge in [0.2, 0.25) is 10.0 Å². The third kappa shape index (κ3) is 5.05. The molecule has 1 aliphatic heterocycles. The summed E-state index contributed by atoms with van der Waals surface area (Å²) in [5, 5.41) is 3.40. The molecule has 0 aliphatic carbocycles. The number of halogens is 3. The Labute approximate surface area is 184 Å². The first-order chi connectivity index (χ1) is 13.6. The maximum atomic E-state index is 12.9. The van der Waals surface area contributed by atoms with Gasteiger partial charge in [0.05, 0.1) is 37.9 Å². The van der Waals surface area contributed by atoms with Gasteiger partial charge in [-0.05, 0) is 50.2 Å². The van der Waals surface area contributed by atoms with E-state index in [4.69, 9.17) is 39.5 Å². The lowest BCUT2D eigenvalue weighted by Gasteiger charge is -2.34. The molecule has 0 radical (unpaired) electrons. The number of nitrogens with one attached hydrogen (secondary N) is 1. The average Bonchev–Trinajstić information content (AvgIpc) is 2.65. The normalized spacial score (nSPS) is 20.4. The van der Waals surface area contributed by atoms with Crippen molar-refractivity contribution in [3.05, 3.63) is 57.0 Å². The van der Waals surface area contributed by atoms with Crippen molar-refractivity contribution in [3.8, 4) is 0 Å². The number of hydrogen-bond donors (Lipinski definition) is 1. The summed E-state index contributed by atoms with van der Waals surface area (Å²) in [6.45, 7) is 4.23. The minimum absolute atomic E-state index is 0.114. The number of rotatable bonds is 4. The zero-order valence-corrected chi connectivity index (χ0v) is 18.7. The molecule has 29 heavy (non-hydrogen) atoms. The summed E-state index contributed by atoms with van der Waals surface area (Å²) in [4.78, 5) is 12.6. The number of anilines is 1. The fourth-order valence-corrected chi connectivity index (χ4v) is 5.25. The molecule has 1 fully saturated rings. The molecule has 3 rings (SSSR count). The number of hydrogen-bond acceptors (Lipinski definition) is 4. The van der Waals surface area contributed by atoms with Crippen molar-refractivity contribution < 1.29 is 17.9 Å². The Kier molecular flexibility index (Phi) is 6.77. The molecule has 1 heterocycles. The zero-order valence-electron chi connectivity index (χ0n) is 15.7. The van der Waals surface area contributed by atoms with E-state index in [2.05, 4.69) is 5.32 Å². The largest absolute Gasteiger partial charge is 0.373 e. The number of nitrogens with zero attached hydrogens (tertiary/aromatic N) is 1. The Morgan fingerprint density at radius 3 is 2.14 bits per heavy atom. The molecule has 0 unspecified atom stereocenters. The lowest BCUT2D eigenvalue weighted by atomic mass is 10.2. The number of carbonyl (C=O) groups is 1. The number of carbonyl (C=O) groups excluding carboxylic acids is 1. The molecule has 2 aromatic carbocycles. The molecule has 1 N–H and O–H groups in total. The molecule has 156 valence electrons. The van der Waals surface area contributed by atoms with Crippen LogP contribution in [-0.2, 0) is 14.8 Å². The third-order valence-electron chi connectivity index (χ3n) is 4.40. The van der Waals surface area contributed by atoms with Gasteiger partial charge in [-0.2, -0.15) is 4.31 Å². The molecule has 1 aliphatic rings. The van der Waals surface area contributed by atoms with Crippen LogP contribution in [0, 0.1) is 0 Å². The van der Waals surface area contributed by atoms with Crippen molar-refractivity contribution in [1.29, 1.82) is 0 Å². The number of benzene rings is 2. The quantitative estimate of drug-likeness (QED) is 0.648. The van der Waals surface area contributed by atoms with Crippen molar-refractivity contribution in [1.82, 2.24) is 4.31 Å². The SMILES string of the molecule is C[C@@H]1CN(S(=O)(=O)c2ccc(C(=O)Nc3cc(Cl)c(Cl)cc3Cl)cc2)C[C@@H](C)O1. The summed E-state index contributed by atoms with van der Waals surface area (Å²) >= 11 is 17.9. The van der Waals surface area contributed by atoms with Crippen molar-refractivity contribution in [3.63, 3.8) is 0 Å². The molecule has 1 amide bonds. The zero-order chi connectivity index (χ0) is 21.3. The van der Waals surface area contributed by atoms with Crippen molar-refractivity contribution >= 4 is 56.4 Å². The van der Waals surface area contributed by atoms with E-state index in [-0.39, 0.29) is 50.8 Å². The van der Waals surface area contributed by atoms with Crippen LogP contribution in [0.15, 0.2) is 41.3 Å². The van der Waals surface area contributed by atoms with E-state index in [1.165, 1.54) is 40.7 Å². The fraction of sp³-hybridized carbons (Fsp3) is 0.316. The summed E-state index contributed by atoms with van der Waals surface area (Å²) in [5.41, 5.74) is 0.578. The molecular formula is C19H19Cl3N2O4S. The minimum atomic E-state index is -3.68. The Bertz CT molecular complexity index is 1020. The smallest absolute Gasteiger partial charge is 0.255 e. The Morgan fingerprint density at radius 1 is 1.00 bits per heavy atom. The summed E-state index contributed by atoms with van der Waals surface area (Å²) in [7, 11) is -3.68. The maximum Gasteiger partial charge on any atom is 0.255 e. The van der Waals surface area contributed by atoms with E-state index in [1.54, 1.807) is 0 Å². The number of ether oxygens (including phenoxy) is 1. The van der Waals surface area contributed by atoms with Crippen LogP contribution in [0.5, 0.6) is 0 Å². The van der Waals surface area contributed by atoms with Gasteiger partial charge in [0.15, 0.2) is 0 Å². The standard InChI is InChI=1S/C19H19Cl3N2O4S/c1-11-9-24(10-12(2)28-11)29(26,27)14-5-3-13(4-6-14)19(25)23-18-8-16(21)15(20)7-17(18)22/h3-8,11-12H,9-10H2,1-2H3,(H,23,25)/t11-,12-/m1/s1. The molecule has 0 spiro atoms. The van der Waals surface area contributed by atoms with Crippen LogP contribution in [0.1, 0.15) is 24.2 Å². The van der Waals surface area contributed by atoms with Crippen molar-refractivity contribution in [2.75, 3.05) is 18.4 Å². The molecular weight excluding hydrogens is 459 g/mol. The summed E-state index contributed by atoms with van der Waals surface area (Å²) in [5.74, 6) is -0.456. The molecule has 0 aromatic heterocycles. The lowest BCUT2D eigenvalue weighted by Crippen LogP contribution is -2.48. The maximum absolute atomic E-state index is 12.9. The molecule has 0 bridgehead atoms. The number of amides is 1. The first-order valence-electron chi connectivity index (χ1n) is 8.79. The lowest BCUT2D eigenvalue weighted by molar-refractivity contribution is -0.0440. The van der Waals surface area contributed by atoms with Crippen molar-refractivity contribution in [2.45, 2.75) is 31.0 Å². The highest BCUT2D eigenvalue weighted by Gasteiger charge is 2.32. The van der Waals surface area contributed by atoms with Crippen LogP contribution in [0.4, 0.5) is 5.69 Å². The van der Waals surface area contributed by atoms with Crippen LogP contribution < -0.4 is 5.32 Å². The predicted molar refractivity (Wildman–Crippen MR) is 115 cm³/mol. The van der Waals surface area contributed by atoms with Gasteiger partial charge in [0, 0.05) is 18.7 Å². The monoisotopic (exact) mass is 476 g/mol. The minimum Gasteiger partial charge on any atom is -0.373 e. The molecule has 2 aromatic rings. The molecule has 1 saturated heterocycles. The molecule has 6 nitrogen and oxygen atoms in total. The van der Waals surface area contributed by atoms with Gasteiger partial charge in [-0.1, -0.05) is 34.8 Å². The van der Waals surface area contributed by atoms with Gasteiger partial charge < -0.3 is 10.1 Å². The van der Waals surface area contributed by atoms with E-state index in [0.29, 0.717) is 5.69 Å². The third-order valence-corrected chi connectivity index (χ3v) is 7.28. The topological polar surface area (TPSA) is 75.7 Å². The van der Waals surface area contributed by atoms with Gasteiger partial charge in [-0.15, -0.1) is 0 Å². The number of sulfonamides is 1. The average molecular weight is 478 g/mol. The fourth-order valence-electron chi connectivity index (χ4n) is 3.07. The predicted octanol–water partition coefficient (Wildman–Crippen LogP) is 4.70. The van der Waals surface area contributed by atoms with Gasteiger partial charge in [0.25, 0.3) is 5.91 Å². The van der Waals surface area contributed by atoms with Gasteiger partial charge in [0.1, 0.15) is 0 Å². The molecule has 0 saturated carbocycles. The highest BCUT2D eigenvalue weighted by Crippen LogP contribution is 2.32. The Balaban J connectivity index is 1.77. The molecule has 2 atom stereocenters. The highest BCUT2D eigenvalue weighted by atomic mass is 35.5. The van der Waals surface area contributed by atoms with Crippen LogP contribution in [0.2, 0.25) is 15.1 Å². The van der Waals surface area contributed by atoms with Gasteiger partial charge in [-0.3, -0.25) is 4.79 Å². The van der Waals surface area contributed by atoms with Gasteiger partial charge >= 0.3 is 0 Å². The highest BCUT2D eigenvalue weighted by molar-refractivity contribution is 7.89. The van der Waals surface area contributed by atoms with Crippen LogP contribution in [0.3, 0.4) is 0 Å². The Morgan fingerprint density at radius 2 is 1.55 bits per heavy atom. The van der Waals surface area contributed by atoms with Crippen molar-refractivity contribution in [2.24, 2.45) is 0 Å². The van der Waals surface area contributed by atoms with Crippen LogP contribution in [-0.4, -0.2) is 43.9 Å². The second-order valence-electron chi connectivity index (χ2n) is 6.80. The summed E-state index contributed by atoms with van der Waals surface area (Å²) < 4.78 is 32.8. The van der Waals surface area contributed by atoms with E-state index in [0.717, 1.165) is 0 Å². The summed E-state index contributed by atoms with van der Waals surface area (Å²) in [6, 6.07) is 8.59. The van der Waals surface area contributed by atoms with E-state index in [1.807, 2.05) is 13.8 Å². The van der Waals surface area contributed by atoms with Crippen LogP contribution in [0.25, 0.3) is 0 Å². The van der Waals surface area contributed by atoms with E-state index < -0.39 is 15.9 Å². The van der Waals surface area contributed by atoms with E-state index in [9.17, 15) is 13.2 Å². The second-order valence-corrected chi connectivity index (χ2v) is 9.96. The summed E-state index contributed by atoms with van der Waals surface area (Å²) in [6.07, 6.45) is -0.371. The van der Waals surface area contributed by atoms with Gasteiger partial charge in [-0.25, -0.2) is 8.42 Å². The first-order valence-corrected chi connectivity index (χ1v) is 11.4. The van der Waals surface area contributed by atoms with Crippen LogP contribution >= 0.6 is 34.8 Å². The Hall–Kier alpha value is -1.35.